The van der Waals surface area contributed by atoms with Crippen LogP contribution in [0.1, 0.15) is 64.4 Å². The predicted octanol–water partition coefficient (Wildman–Crippen LogP) is 4.24. The molecule has 1 heterocycles. The smallest absolute Gasteiger partial charge is 0.314 e. The van der Waals surface area contributed by atoms with E-state index in [1.807, 2.05) is 35.2 Å². The van der Waals surface area contributed by atoms with Crippen LogP contribution in [0.2, 0.25) is 0 Å². The van der Waals surface area contributed by atoms with Gasteiger partial charge in [0.1, 0.15) is 0 Å². The third-order valence-electron chi connectivity index (χ3n) is 6.86. The Hall–Kier alpha value is -1.84. The average molecular weight is 357 g/mol. The number of piperidine rings is 1. The largest absolute Gasteiger partial charge is 0.481 e. The van der Waals surface area contributed by atoms with Crippen molar-refractivity contribution < 1.29 is 14.7 Å². The quantitative estimate of drug-likeness (QED) is 0.877. The number of aliphatic carboxylic acids is 1. The summed E-state index contributed by atoms with van der Waals surface area (Å²) in [6.45, 7) is 5.64. The Morgan fingerprint density at radius 3 is 2.31 bits per heavy atom. The first-order valence-corrected chi connectivity index (χ1v) is 9.92. The molecule has 1 aromatic carbocycles. The van der Waals surface area contributed by atoms with Gasteiger partial charge in [0.05, 0.1) is 5.41 Å². The number of carboxylic acid groups (broad SMARTS) is 1. The number of carbonyl (C=O) groups is 2. The molecule has 4 nitrogen and oxygen atoms in total. The minimum atomic E-state index is -0.859. The molecule has 0 spiro atoms. The fourth-order valence-electron chi connectivity index (χ4n) is 4.81. The van der Waals surface area contributed by atoms with Crippen molar-refractivity contribution in [2.45, 2.75) is 64.2 Å². The summed E-state index contributed by atoms with van der Waals surface area (Å²) in [5.74, 6) is -0.120. The molecule has 1 amide bonds. The van der Waals surface area contributed by atoms with Crippen LogP contribution < -0.4 is 0 Å². The molecule has 4 heteroatoms. The molecule has 0 radical (unpaired) electrons. The summed E-state index contributed by atoms with van der Waals surface area (Å²) in [6.07, 6.45) is 6.41. The van der Waals surface area contributed by atoms with Gasteiger partial charge in [0.15, 0.2) is 0 Å². The molecule has 1 N–H and O–H groups in total. The molecule has 0 aromatic heterocycles. The van der Waals surface area contributed by atoms with E-state index < -0.39 is 11.4 Å². The van der Waals surface area contributed by atoms with Crippen molar-refractivity contribution in [3.8, 4) is 0 Å². The lowest BCUT2D eigenvalue weighted by molar-refractivity contribution is -0.148. The number of carbonyl (C=O) groups excluding carboxylic acids is 1. The van der Waals surface area contributed by atoms with Crippen LogP contribution in [0, 0.1) is 11.3 Å². The molecule has 1 aliphatic heterocycles. The molecule has 1 aromatic rings. The van der Waals surface area contributed by atoms with Crippen LogP contribution in [-0.4, -0.2) is 35.0 Å². The zero-order chi connectivity index (χ0) is 18.8. The summed E-state index contributed by atoms with van der Waals surface area (Å²) in [5.41, 5.74) is 0.230. The lowest BCUT2D eigenvalue weighted by Crippen LogP contribution is -2.49. The predicted molar refractivity (Wildman–Crippen MR) is 102 cm³/mol. The molecule has 3 rings (SSSR count). The van der Waals surface area contributed by atoms with Gasteiger partial charge in [0, 0.05) is 19.5 Å². The third kappa shape index (κ3) is 3.65. The molecule has 2 aliphatic rings. The molecule has 1 atom stereocenters. The molecular formula is C22H31NO3. The minimum absolute atomic E-state index is 0.206. The molecule has 1 saturated heterocycles. The average Bonchev–Trinajstić information content (AvgIpc) is 2.64. The van der Waals surface area contributed by atoms with Gasteiger partial charge in [0.2, 0.25) is 5.91 Å². The van der Waals surface area contributed by atoms with Crippen LogP contribution in [0.3, 0.4) is 0 Å². The van der Waals surface area contributed by atoms with E-state index in [0.29, 0.717) is 38.3 Å². The maximum absolute atomic E-state index is 12.8. The molecular weight excluding hydrogens is 326 g/mol. The standard InChI is InChI=1S/C22H31NO3/c1-21(2)11-7-6-10-18(21)16-19(24)23-14-12-22(13-15-23,20(25)26)17-8-4-3-5-9-17/h3-5,8-9,18H,6-7,10-16H2,1-2H3,(H,25,26). The number of hydrogen-bond donors (Lipinski definition) is 1. The van der Waals surface area contributed by atoms with Gasteiger partial charge in [-0.15, -0.1) is 0 Å². The Morgan fingerprint density at radius 2 is 1.73 bits per heavy atom. The van der Waals surface area contributed by atoms with Crippen molar-refractivity contribution in [2.75, 3.05) is 13.1 Å². The minimum Gasteiger partial charge on any atom is -0.481 e. The van der Waals surface area contributed by atoms with Gasteiger partial charge in [-0.25, -0.2) is 0 Å². The van der Waals surface area contributed by atoms with Crippen LogP contribution >= 0.6 is 0 Å². The molecule has 0 bridgehead atoms. The fraction of sp³-hybridized carbons (Fsp3) is 0.636. The van der Waals surface area contributed by atoms with Crippen molar-refractivity contribution in [3.63, 3.8) is 0 Å². The van der Waals surface area contributed by atoms with Gasteiger partial charge < -0.3 is 10.0 Å². The van der Waals surface area contributed by atoms with E-state index in [0.717, 1.165) is 12.0 Å². The van der Waals surface area contributed by atoms with Gasteiger partial charge in [0.25, 0.3) is 0 Å². The monoisotopic (exact) mass is 357 g/mol. The first kappa shape index (κ1) is 18.9. The second-order valence-electron chi connectivity index (χ2n) is 8.77. The highest BCUT2D eigenvalue weighted by Gasteiger charge is 2.44. The summed E-state index contributed by atoms with van der Waals surface area (Å²) in [5, 5.41) is 9.89. The number of amides is 1. The second-order valence-corrected chi connectivity index (χ2v) is 8.77. The highest BCUT2D eigenvalue weighted by Crippen LogP contribution is 2.43. The SMILES string of the molecule is CC1(C)CCCCC1CC(=O)N1CCC(C(=O)O)(c2ccccc2)CC1. The highest BCUT2D eigenvalue weighted by molar-refractivity contribution is 5.82. The zero-order valence-corrected chi connectivity index (χ0v) is 16.0. The van der Waals surface area contributed by atoms with Crippen LogP contribution in [0.4, 0.5) is 0 Å². The van der Waals surface area contributed by atoms with Gasteiger partial charge in [-0.2, -0.15) is 0 Å². The van der Waals surface area contributed by atoms with E-state index in [1.165, 1.54) is 19.3 Å². The van der Waals surface area contributed by atoms with E-state index in [4.69, 9.17) is 0 Å². The summed E-state index contributed by atoms with van der Waals surface area (Å²) in [4.78, 5) is 26.8. The molecule has 1 aliphatic carbocycles. The van der Waals surface area contributed by atoms with Gasteiger partial charge in [-0.3, -0.25) is 9.59 Å². The third-order valence-corrected chi connectivity index (χ3v) is 6.86. The Balaban J connectivity index is 1.65. The van der Waals surface area contributed by atoms with Crippen LogP contribution in [0.25, 0.3) is 0 Å². The van der Waals surface area contributed by atoms with E-state index in [-0.39, 0.29) is 11.3 Å². The van der Waals surface area contributed by atoms with E-state index >= 15 is 0 Å². The van der Waals surface area contributed by atoms with E-state index in [1.54, 1.807) is 0 Å². The topological polar surface area (TPSA) is 57.6 Å². The highest BCUT2D eigenvalue weighted by atomic mass is 16.4. The van der Waals surface area contributed by atoms with Gasteiger partial charge >= 0.3 is 5.97 Å². The summed E-state index contributed by atoms with van der Waals surface area (Å²) >= 11 is 0. The van der Waals surface area contributed by atoms with E-state index in [9.17, 15) is 14.7 Å². The van der Waals surface area contributed by atoms with Crippen LogP contribution in [0.5, 0.6) is 0 Å². The summed E-state index contributed by atoms with van der Waals surface area (Å²) < 4.78 is 0. The van der Waals surface area contributed by atoms with Gasteiger partial charge in [-0.1, -0.05) is 57.0 Å². The number of carboxylic acids is 1. The van der Waals surface area contributed by atoms with Crippen molar-refractivity contribution in [1.82, 2.24) is 4.90 Å². The lowest BCUT2D eigenvalue weighted by Gasteiger charge is -2.42. The second kappa shape index (κ2) is 7.42. The first-order valence-electron chi connectivity index (χ1n) is 9.92. The van der Waals surface area contributed by atoms with Crippen LogP contribution in [-0.2, 0) is 15.0 Å². The molecule has 26 heavy (non-hydrogen) atoms. The fourth-order valence-corrected chi connectivity index (χ4v) is 4.81. The first-order chi connectivity index (χ1) is 12.3. The molecule has 142 valence electrons. The molecule has 2 fully saturated rings. The Morgan fingerprint density at radius 1 is 1.08 bits per heavy atom. The summed E-state index contributed by atoms with van der Waals surface area (Å²) in [7, 11) is 0. The number of benzene rings is 1. The van der Waals surface area contributed by atoms with Crippen molar-refractivity contribution in [1.29, 1.82) is 0 Å². The lowest BCUT2D eigenvalue weighted by atomic mass is 9.67. The number of rotatable bonds is 4. The Kier molecular flexibility index (Phi) is 5.40. The Bertz CT molecular complexity index is 645. The maximum Gasteiger partial charge on any atom is 0.314 e. The number of hydrogen-bond acceptors (Lipinski definition) is 2. The van der Waals surface area contributed by atoms with Crippen LogP contribution in [0.15, 0.2) is 30.3 Å². The normalized spacial score (nSPS) is 24.8. The Labute approximate surface area is 156 Å². The molecule has 1 saturated carbocycles. The zero-order valence-electron chi connectivity index (χ0n) is 16.0. The van der Waals surface area contributed by atoms with E-state index in [2.05, 4.69) is 13.8 Å². The maximum atomic E-state index is 12.8. The van der Waals surface area contributed by atoms with Crippen molar-refractivity contribution >= 4 is 11.9 Å². The number of nitrogens with zero attached hydrogens (tertiary/aromatic N) is 1. The molecule has 1 unspecified atom stereocenters. The number of likely N-dealkylation sites (tertiary alicyclic amines) is 1. The van der Waals surface area contributed by atoms with Gasteiger partial charge in [-0.05, 0) is 42.6 Å². The van der Waals surface area contributed by atoms with Crippen molar-refractivity contribution in [2.24, 2.45) is 11.3 Å². The summed E-state index contributed by atoms with van der Waals surface area (Å²) in [6, 6.07) is 9.49. The van der Waals surface area contributed by atoms with Crippen molar-refractivity contribution in [3.05, 3.63) is 35.9 Å².